The fraction of sp³-hybridized carbons (Fsp3) is 0.421. The Morgan fingerprint density at radius 1 is 1.24 bits per heavy atom. The lowest BCUT2D eigenvalue weighted by atomic mass is 10.0. The van der Waals surface area contributed by atoms with Crippen LogP contribution in [0, 0.1) is 6.92 Å². The van der Waals surface area contributed by atoms with Gasteiger partial charge in [0.2, 0.25) is 0 Å². The van der Waals surface area contributed by atoms with Gasteiger partial charge in [0.15, 0.2) is 5.96 Å². The molecule has 6 heteroatoms. The van der Waals surface area contributed by atoms with Gasteiger partial charge in [0.25, 0.3) is 0 Å². The molecule has 0 radical (unpaired) electrons. The number of halogens is 1. The molecule has 0 amide bonds. The fourth-order valence-corrected chi connectivity index (χ4v) is 2.52. The highest BCUT2D eigenvalue weighted by Gasteiger charge is 2.10. The molecular formula is C19H28IN3O2. The second kappa shape index (κ2) is 11.9. The first-order valence-electron chi connectivity index (χ1n) is 8.32. The van der Waals surface area contributed by atoms with Crippen molar-refractivity contribution in [3.8, 4) is 0 Å². The first-order valence-corrected chi connectivity index (χ1v) is 8.32. The third kappa shape index (κ3) is 7.48. The van der Waals surface area contributed by atoms with Crippen molar-refractivity contribution in [1.29, 1.82) is 0 Å². The summed E-state index contributed by atoms with van der Waals surface area (Å²) < 4.78 is 10.4. The van der Waals surface area contributed by atoms with Crippen molar-refractivity contribution in [3.63, 3.8) is 0 Å². The molecule has 25 heavy (non-hydrogen) atoms. The molecule has 1 heterocycles. The molecule has 2 N–H and O–H groups in total. The molecule has 1 aromatic carbocycles. The van der Waals surface area contributed by atoms with E-state index in [0.29, 0.717) is 13.2 Å². The monoisotopic (exact) mass is 457 g/mol. The molecule has 0 bridgehead atoms. The lowest BCUT2D eigenvalue weighted by Crippen LogP contribution is -2.40. The molecule has 5 nitrogen and oxygen atoms in total. The molecule has 2 aromatic rings. The number of rotatable bonds is 8. The molecule has 0 saturated carbocycles. The van der Waals surface area contributed by atoms with Crippen molar-refractivity contribution in [2.75, 3.05) is 26.8 Å². The minimum Gasteiger partial charge on any atom is -0.469 e. The van der Waals surface area contributed by atoms with E-state index in [1.165, 1.54) is 11.1 Å². The Balaban J connectivity index is 0.00000312. The summed E-state index contributed by atoms with van der Waals surface area (Å²) in [5, 5.41) is 6.83. The lowest BCUT2D eigenvalue weighted by molar-refractivity contribution is 0.208. The van der Waals surface area contributed by atoms with Crippen molar-refractivity contribution >= 4 is 29.9 Å². The number of nitrogens with one attached hydrogen (secondary N) is 2. The average molecular weight is 457 g/mol. The summed E-state index contributed by atoms with van der Waals surface area (Å²) in [4.78, 5) is 4.57. The van der Waals surface area contributed by atoms with Gasteiger partial charge in [-0.15, -0.1) is 24.0 Å². The summed E-state index contributed by atoms with van der Waals surface area (Å²) in [7, 11) is 1.68. The summed E-state index contributed by atoms with van der Waals surface area (Å²) in [6.07, 6.45) is 2.51. The zero-order valence-electron chi connectivity index (χ0n) is 15.1. The number of furan rings is 1. The van der Waals surface area contributed by atoms with Gasteiger partial charge >= 0.3 is 0 Å². The normalized spacial score (nSPS) is 12.4. The minimum atomic E-state index is 0. The summed E-state index contributed by atoms with van der Waals surface area (Å²) in [5.74, 6) is 1.75. The molecule has 0 aliphatic rings. The maximum absolute atomic E-state index is 5.36. The van der Waals surface area contributed by atoms with Crippen LogP contribution in [0.1, 0.15) is 29.9 Å². The Labute approximate surface area is 167 Å². The van der Waals surface area contributed by atoms with Crippen molar-refractivity contribution in [3.05, 3.63) is 59.5 Å². The van der Waals surface area contributed by atoms with E-state index in [2.05, 4.69) is 53.7 Å². The third-order valence-corrected chi connectivity index (χ3v) is 3.82. The van der Waals surface area contributed by atoms with Crippen LogP contribution in [-0.2, 0) is 11.2 Å². The summed E-state index contributed by atoms with van der Waals surface area (Å²) >= 11 is 0. The van der Waals surface area contributed by atoms with Crippen LogP contribution in [0.25, 0.3) is 0 Å². The number of ether oxygens (including phenoxy) is 1. The second-order valence-corrected chi connectivity index (χ2v) is 5.70. The van der Waals surface area contributed by atoms with Gasteiger partial charge in [-0.2, -0.15) is 0 Å². The molecule has 0 fully saturated rings. The van der Waals surface area contributed by atoms with Gasteiger partial charge in [-0.3, -0.25) is 4.99 Å². The van der Waals surface area contributed by atoms with E-state index in [0.717, 1.165) is 24.7 Å². The zero-order chi connectivity index (χ0) is 17.2. The molecule has 0 aliphatic heterocycles. The van der Waals surface area contributed by atoms with Crippen LogP contribution in [-0.4, -0.2) is 32.8 Å². The molecule has 1 atom stereocenters. The van der Waals surface area contributed by atoms with Gasteiger partial charge < -0.3 is 19.8 Å². The topological polar surface area (TPSA) is 58.8 Å². The first kappa shape index (κ1) is 21.5. The number of benzene rings is 1. The SMILES string of the molecule is COCCN=C(NCCc1ccco1)NC(C)c1ccccc1C.I. The molecule has 2 rings (SSSR count). The fourth-order valence-electron chi connectivity index (χ4n) is 2.52. The van der Waals surface area contributed by atoms with Crippen molar-refractivity contribution in [2.24, 2.45) is 4.99 Å². The summed E-state index contributed by atoms with van der Waals surface area (Å²) in [6, 6.07) is 12.4. The molecular weight excluding hydrogens is 429 g/mol. The Hall–Kier alpha value is -1.54. The van der Waals surface area contributed by atoms with Crippen molar-refractivity contribution < 1.29 is 9.15 Å². The highest BCUT2D eigenvalue weighted by molar-refractivity contribution is 14.0. The molecule has 138 valence electrons. The van der Waals surface area contributed by atoms with E-state index in [-0.39, 0.29) is 30.0 Å². The Kier molecular flexibility index (Phi) is 10.3. The van der Waals surface area contributed by atoms with Gasteiger partial charge in [-0.05, 0) is 37.1 Å². The van der Waals surface area contributed by atoms with Gasteiger partial charge in [-0.25, -0.2) is 0 Å². The van der Waals surface area contributed by atoms with E-state index < -0.39 is 0 Å². The van der Waals surface area contributed by atoms with Crippen LogP contribution in [0.4, 0.5) is 0 Å². The van der Waals surface area contributed by atoms with Crippen molar-refractivity contribution in [2.45, 2.75) is 26.3 Å². The Morgan fingerprint density at radius 2 is 2.04 bits per heavy atom. The van der Waals surface area contributed by atoms with Crippen LogP contribution < -0.4 is 10.6 Å². The van der Waals surface area contributed by atoms with E-state index in [4.69, 9.17) is 9.15 Å². The molecule has 0 saturated heterocycles. The largest absolute Gasteiger partial charge is 0.469 e. The highest BCUT2D eigenvalue weighted by atomic mass is 127. The summed E-state index contributed by atoms with van der Waals surface area (Å²) in [6.45, 7) is 6.24. The van der Waals surface area contributed by atoms with Crippen molar-refractivity contribution in [1.82, 2.24) is 10.6 Å². The predicted molar refractivity (Wildman–Crippen MR) is 113 cm³/mol. The number of hydrogen-bond acceptors (Lipinski definition) is 3. The van der Waals surface area contributed by atoms with Crippen LogP contribution in [0.2, 0.25) is 0 Å². The van der Waals surface area contributed by atoms with E-state index in [1.807, 2.05) is 12.1 Å². The molecule has 0 spiro atoms. The van der Waals surface area contributed by atoms with E-state index in [9.17, 15) is 0 Å². The predicted octanol–water partition coefficient (Wildman–Crippen LogP) is 3.69. The molecule has 1 unspecified atom stereocenters. The molecule has 1 aromatic heterocycles. The smallest absolute Gasteiger partial charge is 0.191 e. The van der Waals surface area contributed by atoms with Crippen LogP contribution in [0.3, 0.4) is 0 Å². The van der Waals surface area contributed by atoms with Gasteiger partial charge in [0.05, 0.1) is 25.5 Å². The highest BCUT2D eigenvalue weighted by Crippen LogP contribution is 2.16. The maximum atomic E-state index is 5.36. The third-order valence-electron chi connectivity index (χ3n) is 3.82. The first-order chi connectivity index (χ1) is 11.7. The lowest BCUT2D eigenvalue weighted by Gasteiger charge is -2.20. The van der Waals surface area contributed by atoms with Gasteiger partial charge in [0, 0.05) is 20.1 Å². The number of guanidine groups is 1. The quantitative estimate of drug-likeness (QED) is 0.275. The number of aliphatic imine (C=N–C) groups is 1. The zero-order valence-corrected chi connectivity index (χ0v) is 17.4. The van der Waals surface area contributed by atoms with E-state index >= 15 is 0 Å². The van der Waals surface area contributed by atoms with E-state index in [1.54, 1.807) is 13.4 Å². The maximum Gasteiger partial charge on any atom is 0.191 e. The standard InChI is InChI=1S/C19H27N3O2.HI/c1-15-7-4-5-9-18(15)16(2)22-19(21-12-14-23-3)20-11-10-17-8-6-13-24-17;/h4-9,13,16H,10-12,14H2,1-3H3,(H2,20,21,22);1H. The molecule has 0 aliphatic carbocycles. The summed E-state index contributed by atoms with van der Waals surface area (Å²) in [5.41, 5.74) is 2.54. The number of nitrogens with zero attached hydrogens (tertiary/aromatic N) is 1. The number of methoxy groups -OCH3 is 1. The second-order valence-electron chi connectivity index (χ2n) is 5.70. The Morgan fingerprint density at radius 3 is 2.72 bits per heavy atom. The number of aryl methyl sites for hydroxylation is 1. The van der Waals surface area contributed by atoms with Gasteiger partial charge in [-0.1, -0.05) is 24.3 Å². The average Bonchev–Trinajstić information content (AvgIpc) is 3.08. The van der Waals surface area contributed by atoms with Gasteiger partial charge in [0.1, 0.15) is 5.76 Å². The van der Waals surface area contributed by atoms with Crippen LogP contribution in [0.15, 0.2) is 52.1 Å². The van der Waals surface area contributed by atoms with Crippen LogP contribution in [0.5, 0.6) is 0 Å². The minimum absolute atomic E-state index is 0. The Bertz CT molecular complexity index is 629. The van der Waals surface area contributed by atoms with Crippen LogP contribution >= 0.6 is 24.0 Å². The number of hydrogen-bond donors (Lipinski definition) is 2.